The van der Waals surface area contributed by atoms with Gasteiger partial charge in [-0.05, 0) is 19.4 Å². The second-order valence-electron chi connectivity index (χ2n) is 3.50. The second kappa shape index (κ2) is 3.98. The van der Waals surface area contributed by atoms with Gasteiger partial charge in [-0.3, -0.25) is 0 Å². The number of hydrogen-bond acceptors (Lipinski definition) is 3. The summed E-state index contributed by atoms with van der Waals surface area (Å²) in [5.74, 6) is 0.228. The molecule has 76 valence electrons. The van der Waals surface area contributed by atoms with Gasteiger partial charge in [0.1, 0.15) is 5.75 Å². The number of phenols is 1. The molecule has 0 aromatic heterocycles. The van der Waals surface area contributed by atoms with Gasteiger partial charge in [-0.2, -0.15) is 0 Å². The van der Waals surface area contributed by atoms with E-state index in [1.165, 1.54) is 0 Å². The van der Waals surface area contributed by atoms with Crippen LogP contribution in [0.3, 0.4) is 0 Å². The van der Waals surface area contributed by atoms with Gasteiger partial charge in [-0.25, -0.2) is 0 Å². The summed E-state index contributed by atoms with van der Waals surface area (Å²) in [5, 5.41) is 9.59. The van der Waals surface area contributed by atoms with Crippen molar-refractivity contribution in [2.45, 2.75) is 25.7 Å². The van der Waals surface area contributed by atoms with E-state index in [2.05, 4.69) is 0 Å². The quantitative estimate of drug-likeness (QED) is 0.745. The zero-order chi connectivity index (χ0) is 9.97. The molecule has 2 unspecified atom stereocenters. The fourth-order valence-corrected chi connectivity index (χ4v) is 1.51. The average molecular weight is 194 g/mol. The van der Waals surface area contributed by atoms with Crippen LogP contribution in [-0.2, 0) is 9.47 Å². The van der Waals surface area contributed by atoms with Crippen molar-refractivity contribution in [2.24, 2.45) is 0 Å². The van der Waals surface area contributed by atoms with Crippen molar-refractivity contribution >= 4 is 0 Å². The Morgan fingerprint density at radius 1 is 1.36 bits per heavy atom. The van der Waals surface area contributed by atoms with Crippen LogP contribution in [0, 0.1) is 0 Å². The fraction of sp³-hybridized carbons (Fsp3) is 0.455. The Labute approximate surface area is 83.3 Å². The summed E-state index contributed by atoms with van der Waals surface area (Å²) in [6.07, 6.45) is 0.678. The lowest BCUT2D eigenvalue weighted by molar-refractivity contribution is -0.212. The molecule has 1 heterocycles. The minimum Gasteiger partial charge on any atom is -0.507 e. The normalized spacial score (nSPS) is 27.5. The molecular weight excluding hydrogens is 180 g/mol. The number of para-hydroxylation sites is 1. The van der Waals surface area contributed by atoms with E-state index in [0.717, 1.165) is 6.42 Å². The number of hydrogen-bond donors (Lipinski definition) is 1. The van der Waals surface area contributed by atoms with E-state index >= 15 is 0 Å². The summed E-state index contributed by atoms with van der Waals surface area (Å²) >= 11 is 0. The SMILES string of the molecule is CC1CCOC(c2ccccc2O)O1. The van der Waals surface area contributed by atoms with Gasteiger partial charge in [-0.15, -0.1) is 0 Å². The minimum atomic E-state index is -0.417. The molecule has 3 heteroatoms. The molecule has 1 fully saturated rings. The maximum absolute atomic E-state index is 9.59. The predicted molar refractivity (Wildman–Crippen MR) is 52.0 cm³/mol. The lowest BCUT2D eigenvalue weighted by Gasteiger charge is -2.28. The van der Waals surface area contributed by atoms with Crippen molar-refractivity contribution in [1.29, 1.82) is 0 Å². The number of phenolic OH excluding ortho intramolecular Hbond substituents is 1. The Hall–Kier alpha value is -1.06. The van der Waals surface area contributed by atoms with Gasteiger partial charge in [0, 0.05) is 5.56 Å². The van der Waals surface area contributed by atoms with Crippen molar-refractivity contribution in [1.82, 2.24) is 0 Å². The molecule has 1 aliphatic rings. The van der Waals surface area contributed by atoms with Gasteiger partial charge in [0.25, 0.3) is 0 Å². The molecule has 3 nitrogen and oxygen atoms in total. The molecule has 0 bridgehead atoms. The first kappa shape index (κ1) is 9.49. The van der Waals surface area contributed by atoms with Gasteiger partial charge < -0.3 is 14.6 Å². The van der Waals surface area contributed by atoms with E-state index in [0.29, 0.717) is 12.2 Å². The molecule has 0 radical (unpaired) electrons. The molecule has 0 saturated carbocycles. The van der Waals surface area contributed by atoms with Crippen LogP contribution in [0.5, 0.6) is 5.75 Å². The van der Waals surface area contributed by atoms with Crippen molar-refractivity contribution in [3.63, 3.8) is 0 Å². The second-order valence-corrected chi connectivity index (χ2v) is 3.50. The molecule has 0 aliphatic carbocycles. The standard InChI is InChI=1S/C11H14O3/c1-8-6-7-13-11(14-8)9-4-2-3-5-10(9)12/h2-5,8,11-12H,6-7H2,1H3. The van der Waals surface area contributed by atoms with Gasteiger partial charge in [0.15, 0.2) is 6.29 Å². The molecule has 1 aliphatic heterocycles. The number of ether oxygens (including phenoxy) is 2. The third-order valence-corrected chi connectivity index (χ3v) is 2.34. The molecule has 1 aromatic carbocycles. The Kier molecular flexibility index (Phi) is 2.70. The smallest absolute Gasteiger partial charge is 0.187 e. The zero-order valence-corrected chi connectivity index (χ0v) is 8.14. The summed E-state index contributed by atoms with van der Waals surface area (Å²) in [6.45, 7) is 2.69. The van der Waals surface area contributed by atoms with Crippen LogP contribution in [0.25, 0.3) is 0 Å². The summed E-state index contributed by atoms with van der Waals surface area (Å²) in [4.78, 5) is 0. The maximum Gasteiger partial charge on any atom is 0.187 e. The van der Waals surface area contributed by atoms with Crippen LogP contribution in [0.2, 0.25) is 0 Å². The molecule has 1 N–H and O–H groups in total. The minimum absolute atomic E-state index is 0.188. The van der Waals surface area contributed by atoms with Crippen LogP contribution in [0.1, 0.15) is 25.2 Å². The van der Waals surface area contributed by atoms with Crippen molar-refractivity contribution in [3.8, 4) is 5.75 Å². The molecule has 2 rings (SSSR count). The van der Waals surface area contributed by atoms with Crippen molar-refractivity contribution in [2.75, 3.05) is 6.61 Å². The zero-order valence-electron chi connectivity index (χ0n) is 8.14. The summed E-state index contributed by atoms with van der Waals surface area (Å²) in [5.41, 5.74) is 0.707. The lowest BCUT2D eigenvalue weighted by Crippen LogP contribution is -2.24. The van der Waals surface area contributed by atoms with Crippen LogP contribution >= 0.6 is 0 Å². The highest BCUT2D eigenvalue weighted by atomic mass is 16.7. The topological polar surface area (TPSA) is 38.7 Å². The Balaban J connectivity index is 2.18. The number of aromatic hydroxyl groups is 1. The van der Waals surface area contributed by atoms with Crippen LogP contribution in [0.15, 0.2) is 24.3 Å². The van der Waals surface area contributed by atoms with E-state index in [1.807, 2.05) is 19.1 Å². The highest BCUT2D eigenvalue weighted by molar-refractivity contribution is 5.32. The maximum atomic E-state index is 9.59. The van der Waals surface area contributed by atoms with Crippen LogP contribution < -0.4 is 0 Å². The molecule has 1 aromatic rings. The summed E-state index contributed by atoms with van der Waals surface area (Å²) in [7, 11) is 0. The van der Waals surface area contributed by atoms with E-state index < -0.39 is 6.29 Å². The van der Waals surface area contributed by atoms with Crippen molar-refractivity contribution in [3.05, 3.63) is 29.8 Å². The van der Waals surface area contributed by atoms with Crippen molar-refractivity contribution < 1.29 is 14.6 Å². The highest BCUT2D eigenvalue weighted by Gasteiger charge is 2.23. The molecule has 1 saturated heterocycles. The predicted octanol–water partition coefficient (Wildman–Crippen LogP) is 2.22. The molecule has 2 atom stereocenters. The molecule has 0 spiro atoms. The van der Waals surface area contributed by atoms with Gasteiger partial charge in [0.05, 0.1) is 12.7 Å². The third kappa shape index (κ3) is 1.89. The van der Waals surface area contributed by atoms with E-state index in [9.17, 15) is 5.11 Å². The van der Waals surface area contributed by atoms with Crippen LogP contribution in [0.4, 0.5) is 0 Å². The van der Waals surface area contributed by atoms with Gasteiger partial charge in [0.2, 0.25) is 0 Å². The molecule has 14 heavy (non-hydrogen) atoms. The molecule has 0 amide bonds. The third-order valence-electron chi connectivity index (χ3n) is 2.34. The highest BCUT2D eigenvalue weighted by Crippen LogP contribution is 2.31. The molecular formula is C11H14O3. The Morgan fingerprint density at radius 3 is 2.86 bits per heavy atom. The van der Waals surface area contributed by atoms with Crippen LogP contribution in [-0.4, -0.2) is 17.8 Å². The number of rotatable bonds is 1. The first-order chi connectivity index (χ1) is 6.77. The van der Waals surface area contributed by atoms with Gasteiger partial charge >= 0.3 is 0 Å². The summed E-state index contributed by atoms with van der Waals surface area (Å²) < 4.78 is 11.0. The fourth-order valence-electron chi connectivity index (χ4n) is 1.51. The largest absolute Gasteiger partial charge is 0.507 e. The Morgan fingerprint density at radius 2 is 2.14 bits per heavy atom. The van der Waals surface area contributed by atoms with E-state index in [-0.39, 0.29) is 11.9 Å². The average Bonchev–Trinajstić information content (AvgIpc) is 2.18. The number of benzene rings is 1. The monoisotopic (exact) mass is 194 g/mol. The van der Waals surface area contributed by atoms with Gasteiger partial charge in [-0.1, -0.05) is 18.2 Å². The van der Waals surface area contributed by atoms with E-state index in [1.54, 1.807) is 12.1 Å². The first-order valence-electron chi connectivity index (χ1n) is 4.82. The Bertz CT molecular complexity index is 311. The lowest BCUT2D eigenvalue weighted by atomic mass is 10.1. The summed E-state index contributed by atoms with van der Waals surface area (Å²) in [6, 6.07) is 7.10. The van der Waals surface area contributed by atoms with E-state index in [4.69, 9.17) is 9.47 Å². The first-order valence-corrected chi connectivity index (χ1v) is 4.82.